The number of hydrogen-bond donors (Lipinski definition) is 0. The Hall–Kier alpha value is -0.960. The van der Waals surface area contributed by atoms with Gasteiger partial charge in [-0.15, -0.1) is 0 Å². The highest BCUT2D eigenvalue weighted by Gasteiger charge is 2.20. The van der Waals surface area contributed by atoms with E-state index in [1.807, 2.05) is 0 Å². The number of rotatable bonds is 2. The molecule has 0 aromatic heterocycles. The van der Waals surface area contributed by atoms with Crippen molar-refractivity contribution in [1.29, 1.82) is 0 Å². The standard InChI is InChI=1S/C19H30N2/c1-17(2)19-10-15-21(16-11-19)12-6-4-5-7-18-8-13-20(3)14-9-18/h17-19H,8-16H2,1-3H3. The van der Waals surface area contributed by atoms with Gasteiger partial charge in [-0.05, 0) is 82.6 Å². The minimum atomic E-state index is 0.567. The molecule has 0 bridgehead atoms. The number of nitrogens with zero attached hydrogens (tertiary/aromatic N) is 2. The predicted octanol–water partition coefficient (Wildman–Crippen LogP) is 2.70. The van der Waals surface area contributed by atoms with Crippen LogP contribution in [0.5, 0.6) is 0 Å². The van der Waals surface area contributed by atoms with E-state index in [0.29, 0.717) is 5.92 Å². The first-order valence-corrected chi connectivity index (χ1v) is 8.54. The molecule has 2 aliphatic heterocycles. The van der Waals surface area contributed by atoms with E-state index in [2.05, 4.69) is 54.4 Å². The Balaban J connectivity index is 1.66. The lowest BCUT2D eigenvalue weighted by Gasteiger charge is -2.32. The molecule has 2 aliphatic rings. The lowest BCUT2D eigenvalue weighted by atomic mass is 9.87. The molecule has 21 heavy (non-hydrogen) atoms. The highest BCUT2D eigenvalue weighted by molar-refractivity contribution is 5.27. The van der Waals surface area contributed by atoms with Gasteiger partial charge in [0, 0.05) is 5.92 Å². The molecule has 2 rings (SSSR count). The molecule has 0 N–H and O–H groups in total. The van der Waals surface area contributed by atoms with Gasteiger partial charge in [0.25, 0.3) is 0 Å². The van der Waals surface area contributed by atoms with Crippen LogP contribution >= 0.6 is 0 Å². The van der Waals surface area contributed by atoms with Crippen molar-refractivity contribution in [2.24, 2.45) is 17.8 Å². The zero-order chi connectivity index (χ0) is 15.1. The highest BCUT2D eigenvalue weighted by Crippen LogP contribution is 2.23. The molecule has 2 heterocycles. The molecule has 116 valence electrons. The smallest absolute Gasteiger partial charge is 0.0611 e. The third-order valence-electron chi connectivity index (χ3n) is 5.02. The van der Waals surface area contributed by atoms with E-state index in [1.165, 1.54) is 51.9 Å². The van der Waals surface area contributed by atoms with E-state index < -0.39 is 0 Å². The summed E-state index contributed by atoms with van der Waals surface area (Å²) in [6.07, 6.45) is 5.07. The van der Waals surface area contributed by atoms with Crippen molar-refractivity contribution in [1.82, 2.24) is 9.80 Å². The van der Waals surface area contributed by atoms with Crippen molar-refractivity contribution in [2.45, 2.75) is 39.5 Å². The summed E-state index contributed by atoms with van der Waals surface area (Å²) in [6.45, 7) is 10.4. The van der Waals surface area contributed by atoms with Crippen molar-refractivity contribution >= 4 is 0 Å². The first-order chi connectivity index (χ1) is 10.1. The second-order valence-corrected chi connectivity index (χ2v) is 7.01. The first-order valence-electron chi connectivity index (χ1n) is 8.54. The van der Waals surface area contributed by atoms with E-state index >= 15 is 0 Å². The van der Waals surface area contributed by atoms with Crippen molar-refractivity contribution in [3.8, 4) is 23.7 Å². The van der Waals surface area contributed by atoms with Gasteiger partial charge in [-0.25, -0.2) is 0 Å². The van der Waals surface area contributed by atoms with E-state index in [9.17, 15) is 0 Å². The number of hydrogen-bond acceptors (Lipinski definition) is 2. The van der Waals surface area contributed by atoms with Gasteiger partial charge in [-0.1, -0.05) is 25.7 Å². The van der Waals surface area contributed by atoms with Gasteiger partial charge >= 0.3 is 0 Å². The first kappa shape index (κ1) is 16.4. The summed E-state index contributed by atoms with van der Waals surface area (Å²) in [5.74, 6) is 15.0. The quantitative estimate of drug-likeness (QED) is 0.720. The summed E-state index contributed by atoms with van der Waals surface area (Å²) in [5, 5.41) is 0. The van der Waals surface area contributed by atoms with E-state index in [0.717, 1.165) is 18.4 Å². The van der Waals surface area contributed by atoms with Gasteiger partial charge < -0.3 is 4.90 Å². The monoisotopic (exact) mass is 286 g/mol. The van der Waals surface area contributed by atoms with Crippen LogP contribution in [-0.4, -0.2) is 49.6 Å². The molecule has 0 radical (unpaired) electrons. The van der Waals surface area contributed by atoms with Crippen LogP contribution in [0.3, 0.4) is 0 Å². The van der Waals surface area contributed by atoms with Crippen molar-refractivity contribution < 1.29 is 0 Å². The van der Waals surface area contributed by atoms with E-state index in [4.69, 9.17) is 0 Å². The van der Waals surface area contributed by atoms with Crippen LogP contribution in [0.25, 0.3) is 0 Å². The molecule has 0 aromatic carbocycles. The molecule has 0 aliphatic carbocycles. The van der Waals surface area contributed by atoms with Crippen LogP contribution in [0.2, 0.25) is 0 Å². The van der Waals surface area contributed by atoms with Gasteiger partial charge in [0.15, 0.2) is 0 Å². The SMILES string of the molecule is CC(C)C1CCN(CC#CC#CC2CCN(C)CC2)CC1. The minimum absolute atomic E-state index is 0.567. The van der Waals surface area contributed by atoms with Gasteiger partial charge in [0.1, 0.15) is 0 Å². The largest absolute Gasteiger partial charge is 0.306 e. The average molecular weight is 286 g/mol. The second-order valence-electron chi connectivity index (χ2n) is 7.01. The maximum atomic E-state index is 3.33. The Bertz CT molecular complexity index is 416. The van der Waals surface area contributed by atoms with Crippen molar-refractivity contribution in [2.75, 3.05) is 39.8 Å². The lowest BCUT2D eigenvalue weighted by Crippen LogP contribution is -2.35. The van der Waals surface area contributed by atoms with Crippen LogP contribution in [-0.2, 0) is 0 Å². The summed E-state index contributed by atoms with van der Waals surface area (Å²) < 4.78 is 0. The molecule has 0 aromatic rings. The summed E-state index contributed by atoms with van der Waals surface area (Å²) in [7, 11) is 2.19. The Morgan fingerprint density at radius 1 is 0.952 bits per heavy atom. The topological polar surface area (TPSA) is 6.48 Å². The van der Waals surface area contributed by atoms with Crippen LogP contribution in [0.15, 0.2) is 0 Å². The fourth-order valence-electron chi connectivity index (χ4n) is 3.26. The summed E-state index contributed by atoms with van der Waals surface area (Å²) in [6, 6.07) is 0. The van der Waals surface area contributed by atoms with Crippen molar-refractivity contribution in [3.05, 3.63) is 0 Å². The number of piperidine rings is 2. The summed E-state index contributed by atoms with van der Waals surface area (Å²) >= 11 is 0. The molecule has 0 atom stereocenters. The Morgan fingerprint density at radius 3 is 2.24 bits per heavy atom. The molecule has 2 saturated heterocycles. The third-order valence-corrected chi connectivity index (χ3v) is 5.02. The lowest BCUT2D eigenvalue weighted by molar-refractivity contribution is 0.173. The maximum absolute atomic E-state index is 3.33. The van der Waals surface area contributed by atoms with Gasteiger partial charge in [0.2, 0.25) is 0 Å². The number of likely N-dealkylation sites (tertiary alicyclic amines) is 2. The Kier molecular flexibility index (Phi) is 6.62. The molecular formula is C19H30N2. The maximum Gasteiger partial charge on any atom is 0.0611 e. The van der Waals surface area contributed by atoms with Crippen molar-refractivity contribution in [3.63, 3.8) is 0 Å². The molecule has 0 saturated carbocycles. The molecule has 0 spiro atoms. The average Bonchev–Trinajstić information content (AvgIpc) is 2.49. The molecular weight excluding hydrogens is 256 g/mol. The minimum Gasteiger partial charge on any atom is -0.306 e. The third kappa shape index (κ3) is 5.74. The van der Waals surface area contributed by atoms with Crippen LogP contribution < -0.4 is 0 Å². The molecule has 2 fully saturated rings. The second kappa shape index (κ2) is 8.47. The zero-order valence-corrected chi connectivity index (χ0v) is 14.0. The van der Waals surface area contributed by atoms with Crippen LogP contribution in [0, 0.1) is 41.4 Å². The van der Waals surface area contributed by atoms with Gasteiger partial charge in [-0.3, -0.25) is 4.90 Å². The molecule has 2 heteroatoms. The normalized spacial score (nSPS) is 22.5. The molecule has 2 nitrogen and oxygen atoms in total. The highest BCUT2D eigenvalue weighted by atomic mass is 15.1. The Morgan fingerprint density at radius 2 is 1.62 bits per heavy atom. The molecule has 0 amide bonds. The predicted molar refractivity (Wildman–Crippen MR) is 89.8 cm³/mol. The van der Waals surface area contributed by atoms with E-state index in [1.54, 1.807) is 0 Å². The fourth-order valence-corrected chi connectivity index (χ4v) is 3.26. The summed E-state index contributed by atoms with van der Waals surface area (Å²) in [4.78, 5) is 4.85. The van der Waals surface area contributed by atoms with E-state index in [-0.39, 0.29) is 0 Å². The molecule has 0 unspecified atom stereocenters. The zero-order valence-electron chi connectivity index (χ0n) is 14.0. The Labute approximate surface area is 131 Å². The van der Waals surface area contributed by atoms with Gasteiger partial charge in [0.05, 0.1) is 6.54 Å². The fraction of sp³-hybridized carbons (Fsp3) is 0.789. The van der Waals surface area contributed by atoms with Gasteiger partial charge in [-0.2, -0.15) is 0 Å². The summed E-state index contributed by atoms with van der Waals surface area (Å²) in [5.41, 5.74) is 0. The van der Waals surface area contributed by atoms with Crippen LogP contribution in [0.4, 0.5) is 0 Å². The van der Waals surface area contributed by atoms with Crippen LogP contribution in [0.1, 0.15) is 39.5 Å².